The number of halogens is 4. The van der Waals surface area contributed by atoms with E-state index >= 15 is 0 Å². The molecule has 1 aromatic rings. The van der Waals surface area contributed by atoms with Gasteiger partial charge in [-0.3, -0.25) is 0 Å². The number of nitrogens with one attached hydrogen (secondary N) is 1. The molecule has 0 aromatic heterocycles. The van der Waals surface area contributed by atoms with Crippen molar-refractivity contribution in [3.8, 4) is 0 Å². The monoisotopic (exact) mass is 275 g/mol. The van der Waals surface area contributed by atoms with Gasteiger partial charge in [0.05, 0.1) is 5.56 Å². The minimum atomic E-state index is -4.55. The maximum atomic E-state index is 12.9. The number of benzene rings is 1. The summed E-state index contributed by atoms with van der Waals surface area (Å²) >= 11 is 0. The number of hydrogen-bond acceptors (Lipinski definition) is 1. The van der Waals surface area contributed by atoms with Gasteiger partial charge >= 0.3 is 6.18 Å². The molecule has 1 aromatic carbocycles. The fraction of sp³-hybridized carbons (Fsp3) is 0.429. The molecule has 1 N–H and O–H groups in total. The van der Waals surface area contributed by atoms with Gasteiger partial charge in [0.1, 0.15) is 5.82 Å². The molecule has 5 heteroatoms. The molecule has 0 fully saturated rings. The van der Waals surface area contributed by atoms with Crippen LogP contribution in [0.15, 0.2) is 24.3 Å². The molecule has 0 bridgehead atoms. The lowest BCUT2D eigenvalue weighted by Crippen LogP contribution is -2.19. The zero-order valence-electron chi connectivity index (χ0n) is 10.9. The van der Waals surface area contributed by atoms with E-state index in [1.165, 1.54) is 6.08 Å². The molecule has 0 radical (unpaired) electrons. The van der Waals surface area contributed by atoms with Crippen LogP contribution in [-0.2, 0) is 6.18 Å². The van der Waals surface area contributed by atoms with Crippen LogP contribution >= 0.6 is 0 Å². The van der Waals surface area contributed by atoms with Gasteiger partial charge in [0.2, 0.25) is 0 Å². The average Bonchev–Trinajstić information content (AvgIpc) is 2.28. The quantitative estimate of drug-likeness (QED) is 0.630. The van der Waals surface area contributed by atoms with E-state index in [-0.39, 0.29) is 5.56 Å². The van der Waals surface area contributed by atoms with Crippen molar-refractivity contribution in [1.29, 1.82) is 0 Å². The maximum Gasteiger partial charge on any atom is 0.417 e. The Morgan fingerprint density at radius 2 is 1.95 bits per heavy atom. The Balaban J connectivity index is 2.75. The van der Waals surface area contributed by atoms with Crippen LogP contribution in [-0.4, -0.2) is 13.1 Å². The highest BCUT2D eigenvalue weighted by molar-refractivity contribution is 5.55. The first-order chi connectivity index (χ1) is 8.80. The molecule has 1 nitrogen and oxygen atoms in total. The van der Waals surface area contributed by atoms with Gasteiger partial charge in [-0.15, -0.1) is 0 Å². The second kappa shape index (κ2) is 6.70. The Labute approximate surface area is 110 Å². The molecule has 0 saturated heterocycles. The van der Waals surface area contributed by atoms with Crippen molar-refractivity contribution in [2.24, 2.45) is 5.92 Å². The highest BCUT2D eigenvalue weighted by Gasteiger charge is 2.33. The van der Waals surface area contributed by atoms with Gasteiger partial charge in [-0.25, -0.2) is 4.39 Å². The summed E-state index contributed by atoms with van der Waals surface area (Å²) in [6.45, 7) is 5.35. The molecular formula is C14H17F4N. The summed E-state index contributed by atoms with van der Waals surface area (Å²) in [4.78, 5) is 0. The summed E-state index contributed by atoms with van der Waals surface area (Å²) in [6.07, 6.45) is -1.59. The van der Waals surface area contributed by atoms with Crippen LogP contribution in [0.2, 0.25) is 0 Å². The van der Waals surface area contributed by atoms with Gasteiger partial charge in [0, 0.05) is 6.54 Å². The summed E-state index contributed by atoms with van der Waals surface area (Å²) in [6, 6.07) is 2.68. The lowest BCUT2D eigenvalue weighted by atomic mass is 10.1. The van der Waals surface area contributed by atoms with E-state index < -0.39 is 17.6 Å². The van der Waals surface area contributed by atoms with Gasteiger partial charge in [-0.05, 0) is 30.2 Å². The van der Waals surface area contributed by atoms with Crippen LogP contribution < -0.4 is 5.32 Å². The third-order valence-corrected chi connectivity index (χ3v) is 2.43. The van der Waals surface area contributed by atoms with E-state index in [1.807, 2.05) is 13.8 Å². The standard InChI is InChI=1S/C14H17F4N/c1-10(2)9-19-7-3-4-11-5-6-12(15)8-13(11)14(16,17)18/h3-6,8,10,19H,7,9H2,1-2H3/b4-3+. The fourth-order valence-corrected chi connectivity index (χ4v) is 1.56. The van der Waals surface area contributed by atoms with E-state index in [0.29, 0.717) is 18.5 Å². The van der Waals surface area contributed by atoms with Crippen LogP contribution in [0.5, 0.6) is 0 Å². The van der Waals surface area contributed by atoms with E-state index in [0.717, 1.165) is 18.7 Å². The molecule has 0 heterocycles. The Bertz CT molecular complexity index is 436. The molecule has 0 atom stereocenters. The van der Waals surface area contributed by atoms with Crippen LogP contribution in [0.1, 0.15) is 25.0 Å². The molecule has 19 heavy (non-hydrogen) atoms. The van der Waals surface area contributed by atoms with Crippen molar-refractivity contribution < 1.29 is 17.6 Å². The summed E-state index contributed by atoms with van der Waals surface area (Å²) < 4.78 is 51.0. The first kappa shape index (κ1) is 15.7. The molecule has 0 amide bonds. The lowest BCUT2D eigenvalue weighted by Gasteiger charge is -2.10. The topological polar surface area (TPSA) is 12.0 Å². The van der Waals surface area contributed by atoms with Gasteiger partial charge in [0.15, 0.2) is 0 Å². The number of alkyl halides is 3. The van der Waals surface area contributed by atoms with E-state index in [4.69, 9.17) is 0 Å². The van der Waals surface area contributed by atoms with E-state index in [1.54, 1.807) is 6.08 Å². The van der Waals surface area contributed by atoms with Crippen molar-refractivity contribution in [3.63, 3.8) is 0 Å². The van der Waals surface area contributed by atoms with Crippen molar-refractivity contribution in [1.82, 2.24) is 5.32 Å². The second-order valence-electron chi connectivity index (χ2n) is 4.68. The highest BCUT2D eigenvalue weighted by atomic mass is 19.4. The number of hydrogen-bond donors (Lipinski definition) is 1. The second-order valence-corrected chi connectivity index (χ2v) is 4.68. The minimum Gasteiger partial charge on any atom is -0.313 e. The molecule has 0 saturated carbocycles. The largest absolute Gasteiger partial charge is 0.417 e. The average molecular weight is 275 g/mol. The fourth-order valence-electron chi connectivity index (χ4n) is 1.56. The summed E-state index contributed by atoms with van der Waals surface area (Å²) in [5.74, 6) is -0.410. The normalized spacial score (nSPS) is 12.6. The van der Waals surface area contributed by atoms with E-state index in [9.17, 15) is 17.6 Å². The third kappa shape index (κ3) is 5.42. The molecule has 0 aliphatic heterocycles. The van der Waals surface area contributed by atoms with Crippen LogP contribution in [0.4, 0.5) is 17.6 Å². The Morgan fingerprint density at radius 1 is 1.26 bits per heavy atom. The number of rotatable bonds is 5. The first-order valence-corrected chi connectivity index (χ1v) is 6.04. The maximum absolute atomic E-state index is 12.9. The summed E-state index contributed by atoms with van der Waals surface area (Å²) in [7, 11) is 0. The molecule has 0 spiro atoms. The smallest absolute Gasteiger partial charge is 0.313 e. The minimum absolute atomic E-state index is 0.0275. The van der Waals surface area contributed by atoms with Crippen LogP contribution in [0, 0.1) is 11.7 Å². The van der Waals surface area contributed by atoms with Gasteiger partial charge in [-0.2, -0.15) is 13.2 Å². The third-order valence-electron chi connectivity index (χ3n) is 2.43. The van der Waals surface area contributed by atoms with Crippen molar-refractivity contribution in [2.75, 3.05) is 13.1 Å². The van der Waals surface area contributed by atoms with Crippen molar-refractivity contribution >= 4 is 6.08 Å². The van der Waals surface area contributed by atoms with Crippen molar-refractivity contribution in [2.45, 2.75) is 20.0 Å². The van der Waals surface area contributed by atoms with Crippen LogP contribution in [0.3, 0.4) is 0 Å². The zero-order chi connectivity index (χ0) is 14.5. The zero-order valence-corrected chi connectivity index (χ0v) is 10.9. The Kier molecular flexibility index (Phi) is 5.54. The lowest BCUT2D eigenvalue weighted by molar-refractivity contribution is -0.137. The first-order valence-electron chi connectivity index (χ1n) is 6.04. The molecule has 106 valence electrons. The summed E-state index contributed by atoms with van der Waals surface area (Å²) in [5.41, 5.74) is -0.979. The van der Waals surface area contributed by atoms with Gasteiger partial charge < -0.3 is 5.32 Å². The molecule has 1 rings (SSSR count). The Hall–Kier alpha value is -1.36. The molecular weight excluding hydrogens is 258 g/mol. The van der Waals surface area contributed by atoms with Crippen molar-refractivity contribution in [3.05, 3.63) is 41.2 Å². The van der Waals surface area contributed by atoms with E-state index in [2.05, 4.69) is 5.32 Å². The predicted octanol–water partition coefficient (Wildman–Crippen LogP) is 4.10. The van der Waals surface area contributed by atoms with Crippen LogP contribution in [0.25, 0.3) is 6.08 Å². The van der Waals surface area contributed by atoms with Gasteiger partial charge in [0.25, 0.3) is 0 Å². The molecule has 0 aliphatic rings. The summed E-state index contributed by atoms with van der Waals surface area (Å²) in [5, 5.41) is 3.08. The molecule has 0 unspecified atom stereocenters. The SMILES string of the molecule is CC(C)CNC/C=C/c1ccc(F)cc1C(F)(F)F. The highest BCUT2D eigenvalue weighted by Crippen LogP contribution is 2.33. The van der Waals surface area contributed by atoms with Gasteiger partial charge in [-0.1, -0.05) is 32.1 Å². The predicted molar refractivity (Wildman–Crippen MR) is 68.1 cm³/mol. The molecule has 0 aliphatic carbocycles. The Morgan fingerprint density at radius 3 is 2.53 bits per heavy atom.